The standard InChI is InChI=1S/C10H18INO2.Ac/c1-12-6-4-8(9(13)7-12)10(14-2)3-5-11;/h3,5,8-10,13H,4,6-7H2,1-2H3;/b5-3+;/i11-4;. The number of likely N-dealkylation sites (N-methyl/N-ethyl adjacent to an activating group) is 1. The molecule has 1 saturated heterocycles. The molecule has 1 aliphatic rings. The summed E-state index contributed by atoms with van der Waals surface area (Å²) in [5, 5.41) is 9.91. The molecule has 0 bridgehead atoms. The van der Waals surface area contributed by atoms with Gasteiger partial charge in [0.1, 0.15) is 0 Å². The van der Waals surface area contributed by atoms with Crippen LogP contribution in [0.1, 0.15) is 6.42 Å². The second-order valence-electron chi connectivity index (χ2n) is 3.80. The van der Waals surface area contributed by atoms with E-state index in [0.717, 1.165) is 19.5 Å². The van der Waals surface area contributed by atoms with E-state index < -0.39 is 0 Å². The minimum Gasteiger partial charge on any atom is -0.391 e. The molecule has 3 unspecified atom stereocenters. The van der Waals surface area contributed by atoms with Gasteiger partial charge in [0.2, 0.25) is 0 Å². The van der Waals surface area contributed by atoms with E-state index >= 15 is 0 Å². The molecule has 1 aliphatic heterocycles. The van der Waals surface area contributed by atoms with Gasteiger partial charge in [-0.3, -0.25) is 0 Å². The normalized spacial score (nSPS) is 30.1. The number of piperidine rings is 1. The molecule has 0 saturated carbocycles. The number of likely N-dealkylation sites (tertiary alicyclic amines) is 1. The Kier molecular flexibility index (Phi) is 9.87. The Morgan fingerprint density at radius 2 is 2.27 bits per heavy atom. The Morgan fingerprint density at radius 1 is 1.60 bits per heavy atom. The zero-order valence-electron chi connectivity index (χ0n) is 9.27. The van der Waals surface area contributed by atoms with Crippen LogP contribution in [0.4, 0.5) is 0 Å². The molecule has 0 aromatic heterocycles. The minimum absolute atomic E-state index is 0. The summed E-state index contributed by atoms with van der Waals surface area (Å²) >= 11 is 2.18. The van der Waals surface area contributed by atoms with E-state index in [9.17, 15) is 5.11 Å². The third-order valence-electron chi connectivity index (χ3n) is 2.79. The summed E-state index contributed by atoms with van der Waals surface area (Å²) in [6.07, 6.45) is 2.79. The quantitative estimate of drug-likeness (QED) is 0.555. The number of aliphatic hydroxyl groups excluding tert-OH is 1. The third-order valence-corrected chi connectivity index (χ3v) is 3.21. The number of ether oxygens (including phenoxy) is 1. The summed E-state index contributed by atoms with van der Waals surface area (Å²) in [4.78, 5) is 2.15. The number of methoxy groups -OCH3 is 1. The maximum absolute atomic E-state index is 9.91. The first-order chi connectivity index (χ1) is 6.69. The number of aliphatic hydroxyl groups is 1. The Hall–Kier alpha value is 1.79. The fourth-order valence-corrected chi connectivity index (χ4v) is 2.37. The second kappa shape index (κ2) is 8.82. The minimum atomic E-state index is -0.272. The number of β-amino-alcohol motifs (C(OH)–C–C–N with tert-alkyl or cyclic N) is 1. The van der Waals surface area contributed by atoms with Crippen molar-refractivity contribution in [2.45, 2.75) is 18.6 Å². The van der Waals surface area contributed by atoms with Crippen molar-refractivity contribution in [1.29, 1.82) is 0 Å². The molecule has 1 N–H and O–H groups in total. The molecule has 1 radical (unpaired) electrons. The van der Waals surface area contributed by atoms with Gasteiger partial charge in [-0.25, -0.2) is 0 Å². The molecule has 15 heavy (non-hydrogen) atoms. The predicted molar refractivity (Wildman–Crippen MR) is 65.6 cm³/mol. The van der Waals surface area contributed by atoms with Crippen LogP contribution in [0.15, 0.2) is 10.2 Å². The molecular formula is C10H18AcINO2. The van der Waals surface area contributed by atoms with Gasteiger partial charge in [-0.05, 0) is 30.2 Å². The van der Waals surface area contributed by atoms with Crippen molar-refractivity contribution < 1.29 is 53.9 Å². The zero-order chi connectivity index (χ0) is 10.6. The summed E-state index contributed by atoms with van der Waals surface area (Å²) in [6.45, 7) is 1.79. The van der Waals surface area contributed by atoms with Crippen LogP contribution in [0, 0.1) is 50.0 Å². The monoisotopic (exact) mass is 534 g/mol. The molecular weight excluding hydrogens is 516 g/mol. The van der Waals surface area contributed by atoms with Crippen molar-refractivity contribution in [1.82, 2.24) is 4.90 Å². The Morgan fingerprint density at radius 3 is 2.73 bits per heavy atom. The SMILES string of the molecule is COC(/C=C/[123I])C1CCN(C)CC1O.[Ac]. The number of halogens is 1. The molecule has 85 valence electrons. The maximum atomic E-state index is 9.91. The fraction of sp³-hybridized carbons (Fsp3) is 0.800. The van der Waals surface area contributed by atoms with Gasteiger partial charge in [0.15, 0.2) is 0 Å². The average molecular weight is 534 g/mol. The smallest absolute Gasteiger partial charge is 0.0813 e. The topological polar surface area (TPSA) is 32.7 Å². The molecule has 1 heterocycles. The summed E-state index contributed by atoms with van der Waals surface area (Å²) in [7, 11) is 3.74. The van der Waals surface area contributed by atoms with Gasteiger partial charge in [-0.2, -0.15) is 0 Å². The van der Waals surface area contributed by atoms with Gasteiger partial charge in [0, 0.05) is 63.6 Å². The van der Waals surface area contributed by atoms with Gasteiger partial charge in [-0.15, -0.1) is 0 Å². The van der Waals surface area contributed by atoms with Gasteiger partial charge in [0.25, 0.3) is 0 Å². The summed E-state index contributed by atoms with van der Waals surface area (Å²) in [6, 6.07) is 0. The van der Waals surface area contributed by atoms with Crippen LogP contribution in [0.3, 0.4) is 0 Å². The van der Waals surface area contributed by atoms with E-state index in [-0.39, 0.29) is 62.2 Å². The molecule has 0 aromatic carbocycles. The van der Waals surface area contributed by atoms with Gasteiger partial charge in [0.05, 0.1) is 12.2 Å². The Labute approximate surface area is 141 Å². The maximum Gasteiger partial charge on any atom is 0.0813 e. The molecule has 0 amide bonds. The molecule has 1 rings (SSSR count). The first-order valence-electron chi connectivity index (χ1n) is 4.85. The first-order valence-corrected chi connectivity index (χ1v) is 6.10. The van der Waals surface area contributed by atoms with Crippen molar-refractivity contribution >= 4 is 22.6 Å². The van der Waals surface area contributed by atoms with Crippen LogP contribution >= 0.6 is 22.6 Å². The van der Waals surface area contributed by atoms with E-state index in [2.05, 4.69) is 27.5 Å². The van der Waals surface area contributed by atoms with E-state index in [1.54, 1.807) is 7.11 Å². The third kappa shape index (κ3) is 5.31. The number of rotatable bonds is 3. The molecule has 5 heteroatoms. The van der Waals surface area contributed by atoms with Gasteiger partial charge >= 0.3 is 0 Å². The molecule has 1 fully saturated rings. The summed E-state index contributed by atoms with van der Waals surface area (Å²) < 4.78 is 7.32. The average Bonchev–Trinajstić information content (AvgIpc) is 2.15. The van der Waals surface area contributed by atoms with Crippen LogP contribution in [-0.2, 0) is 4.74 Å². The molecule has 3 nitrogen and oxygen atoms in total. The van der Waals surface area contributed by atoms with Gasteiger partial charge in [-0.1, -0.05) is 22.6 Å². The van der Waals surface area contributed by atoms with Crippen LogP contribution < -0.4 is 0 Å². The first kappa shape index (κ1) is 16.8. The Balaban J connectivity index is 0.00000196. The summed E-state index contributed by atoms with van der Waals surface area (Å²) in [5.41, 5.74) is 0. The zero-order valence-corrected chi connectivity index (χ0v) is 16.2. The Bertz CT molecular complexity index is 204. The van der Waals surface area contributed by atoms with Crippen molar-refractivity contribution in [3.63, 3.8) is 0 Å². The molecule has 0 aromatic rings. The number of hydrogen-bond acceptors (Lipinski definition) is 3. The van der Waals surface area contributed by atoms with Gasteiger partial charge < -0.3 is 14.7 Å². The van der Waals surface area contributed by atoms with Crippen molar-refractivity contribution in [3.05, 3.63) is 10.2 Å². The van der Waals surface area contributed by atoms with Crippen LogP contribution in [0.2, 0.25) is 0 Å². The predicted octanol–water partition coefficient (Wildman–Crippen LogP) is 1.26. The molecule has 3 atom stereocenters. The van der Waals surface area contributed by atoms with Crippen molar-refractivity contribution in [2.24, 2.45) is 5.92 Å². The van der Waals surface area contributed by atoms with Crippen molar-refractivity contribution in [2.75, 3.05) is 27.2 Å². The van der Waals surface area contributed by atoms with Crippen LogP contribution in [-0.4, -0.2) is 49.5 Å². The van der Waals surface area contributed by atoms with E-state index in [1.165, 1.54) is 0 Å². The molecule has 0 spiro atoms. The number of nitrogens with zero attached hydrogens (tertiary/aromatic N) is 1. The molecule has 0 aliphatic carbocycles. The van der Waals surface area contributed by atoms with E-state index in [0.29, 0.717) is 0 Å². The number of hydrogen-bond donors (Lipinski definition) is 1. The largest absolute Gasteiger partial charge is 0.391 e. The fourth-order valence-electron chi connectivity index (χ4n) is 1.96. The van der Waals surface area contributed by atoms with E-state index in [4.69, 9.17) is 4.74 Å². The van der Waals surface area contributed by atoms with Crippen molar-refractivity contribution in [3.8, 4) is 0 Å². The summed E-state index contributed by atoms with van der Waals surface area (Å²) in [5.74, 6) is 0.238. The van der Waals surface area contributed by atoms with Crippen LogP contribution in [0.25, 0.3) is 0 Å². The second-order valence-corrected chi connectivity index (χ2v) is 4.52. The van der Waals surface area contributed by atoms with E-state index in [1.807, 2.05) is 17.2 Å². The van der Waals surface area contributed by atoms with Crippen LogP contribution in [0.5, 0.6) is 0 Å².